The number of rotatable bonds is 3. The van der Waals surface area contributed by atoms with Crippen LogP contribution >= 0.6 is 11.6 Å². The number of hydrogen-bond donors (Lipinski definition) is 1. The molecule has 1 aliphatic rings. The zero-order valence-corrected chi connectivity index (χ0v) is 10.1. The smallest absolute Gasteiger partial charge is 0.317 e. The van der Waals surface area contributed by atoms with Crippen molar-refractivity contribution in [2.75, 3.05) is 37.6 Å². The SMILES string of the molecule is O=C(O)CN1CCN(c2cccc(Cl)n2)CC1. The summed E-state index contributed by atoms with van der Waals surface area (Å²) >= 11 is 5.84. The average Bonchev–Trinajstić information content (AvgIpc) is 2.29. The predicted molar refractivity (Wildman–Crippen MR) is 65.5 cm³/mol. The van der Waals surface area contributed by atoms with Crippen molar-refractivity contribution in [3.8, 4) is 0 Å². The van der Waals surface area contributed by atoms with Crippen LogP contribution in [0.15, 0.2) is 18.2 Å². The van der Waals surface area contributed by atoms with E-state index >= 15 is 0 Å². The second kappa shape index (κ2) is 5.33. The summed E-state index contributed by atoms with van der Waals surface area (Å²) in [6.45, 7) is 3.14. The molecule has 92 valence electrons. The second-order valence-electron chi connectivity index (χ2n) is 3.98. The van der Waals surface area contributed by atoms with E-state index in [0.29, 0.717) is 5.15 Å². The summed E-state index contributed by atoms with van der Waals surface area (Å²) in [4.78, 5) is 18.9. The molecule has 2 heterocycles. The van der Waals surface area contributed by atoms with Crippen LogP contribution in [-0.4, -0.2) is 53.7 Å². The Morgan fingerprint density at radius 2 is 2.06 bits per heavy atom. The van der Waals surface area contributed by atoms with Crippen molar-refractivity contribution in [1.82, 2.24) is 9.88 Å². The number of pyridine rings is 1. The van der Waals surface area contributed by atoms with Crippen LogP contribution in [0.1, 0.15) is 0 Å². The van der Waals surface area contributed by atoms with Gasteiger partial charge in [0.05, 0.1) is 6.54 Å². The standard InChI is InChI=1S/C11H14ClN3O2/c12-9-2-1-3-10(13-9)15-6-4-14(5-7-15)8-11(16)17/h1-3H,4-8H2,(H,16,17). The Hall–Kier alpha value is -1.33. The van der Waals surface area contributed by atoms with Crippen molar-refractivity contribution in [2.45, 2.75) is 0 Å². The Morgan fingerprint density at radius 1 is 1.35 bits per heavy atom. The highest BCUT2D eigenvalue weighted by atomic mass is 35.5. The number of hydrogen-bond acceptors (Lipinski definition) is 4. The summed E-state index contributed by atoms with van der Waals surface area (Å²) in [6.07, 6.45) is 0. The fourth-order valence-corrected chi connectivity index (χ4v) is 2.06. The number of carboxylic acid groups (broad SMARTS) is 1. The lowest BCUT2D eigenvalue weighted by Crippen LogP contribution is -2.48. The summed E-state index contributed by atoms with van der Waals surface area (Å²) in [5.74, 6) is 0.0757. The maximum Gasteiger partial charge on any atom is 0.317 e. The highest BCUT2D eigenvalue weighted by Crippen LogP contribution is 2.16. The van der Waals surface area contributed by atoms with E-state index in [0.717, 1.165) is 32.0 Å². The summed E-state index contributed by atoms with van der Waals surface area (Å²) in [7, 11) is 0. The first-order chi connectivity index (χ1) is 8.15. The topological polar surface area (TPSA) is 56.7 Å². The molecule has 1 aliphatic heterocycles. The van der Waals surface area contributed by atoms with Crippen molar-refractivity contribution in [3.05, 3.63) is 23.4 Å². The number of carboxylic acids is 1. The van der Waals surface area contributed by atoms with E-state index in [-0.39, 0.29) is 6.54 Å². The number of piperazine rings is 1. The van der Waals surface area contributed by atoms with Gasteiger partial charge >= 0.3 is 5.97 Å². The van der Waals surface area contributed by atoms with Crippen LogP contribution in [0.5, 0.6) is 0 Å². The van der Waals surface area contributed by atoms with Crippen LogP contribution in [0.2, 0.25) is 5.15 Å². The van der Waals surface area contributed by atoms with Gasteiger partial charge in [0, 0.05) is 26.2 Å². The third-order valence-electron chi connectivity index (χ3n) is 2.76. The van der Waals surface area contributed by atoms with Gasteiger partial charge in [0.15, 0.2) is 0 Å². The van der Waals surface area contributed by atoms with E-state index in [1.54, 1.807) is 6.07 Å². The molecule has 1 fully saturated rings. The van der Waals surface area contributed by atoms with Crippen LogP contribution in [0.4, 0.5) is 5.82 Å². The molecule has 0 aliphatic carbocycles. The third kappa shape index (κ3) is 3.31. The molecule has 0 amide bonds. The van der Waals surface area contributed by atoms with Gasteiger partial charge in [-0.1, -0.05) is 17.7 Å². The fourth-order valence-electron chi connectivity index (χ4n) is 1.90. The van der Waals surface area contributed by atoms with Gasteiger partial charge in [0.1, 0.15) is 11.0 Å². The number of halogens is 1. The van der Waals surface area contributed by atoms with Gasteiger partial charge in [-0.25, -0.2) is 4.98 Å². The molecule has 0 bridgehead atoms. The summed E-state index contributed by atoms with van der Waals surface area (Å²) in [5.41, 5.74) is 0. The number of nitrogens with zero attached hydrogens (tertiary/aromatic N) is 3. The minimum Gasteiger partial charge on any atom is -0.480 e. The normalized spacial score (nSPS) is 17.1. The number of carbonyl (C=O) groups is 1. The lowest BCUT2D eigenvalue weighted by molar-refractivity contribution is -0.138. The summed E-state index contributed by atoms with van der Waals surface area (Å²) in [5, 5.41) is 9.18. The first-order valence-corrected chi connectivity index (χ1v) is 5.84. The minimum atomic E-state index is -0.778. The van der Waals surface area contributed by atoms with Gasteiger partial charge in [-0.2, -0.15) is 0 Å². The van der Waals surface area contributed by atoms with E-state index in [9.17, 15) is 4.79 Å². The zero-order valence-electron chi connectivity index (χ0n) is 9.34. The Kier molecular flexibility index (Phi) is 3.81. The third-order valence-corrected chi connectivity index (χ3v) is 2.97. The molecule has 0 unspecified atom stereocenters. The highest BCUT2D eigenvalue weighted by Gasteiger charge is 2.19. The maximum atomic E-state index is 10.6. The van der Waals surface area contributed by atoms with Gasteiger partial charge in [0.2, 0.25) is 0 Å². The van der Waals surface area contributed by atoms with Gasteiger partial charge < -0.3 is 10.0 Å². The molecule has 2 rings (SSSR count). The molecule has 0 spiro atoms. The number of aromatic nitrogens is 1. The first-order valence-electron chi connectivity index (χ1n) is 5.47. The van der Waals surface area contributed by atoms with Gasteiger partial charge in [-0.3, -0.25) is 9.69 Å². The molecule has 1 saturated heterocycles. The Morgan fingerprint density at radius 3 is 2.65 bits per heavy atom. The van der Waals surface area contributed by atoms with E-state index in [1.807, 2.05) is 17.0 Å². The predicted octanol–water partition coefficient (Wildman–Crippen LogP) is 0.942. The molecule has 0 atom stereocenters. The molecule has 6 heteroatoms. The zero-order chi connectivity index (χ0) is 12.3. The molecule has 1 aromatic heterocycles. The molecule has 1 N–H and O–H groups in total. The van der Waals surface area contributed by atoms with Gasteiger partial charge in [0.25, 0.3) is 0 Å². The second-order valence-corrected chi connectivity index (χ2v) is 4.36. The van der Waals surface area contributed by atoms with E-state index < -0.39 is 5.97 Å². The van der Waals surface area contributed by atoms with Crippen LogP contribution in [0.25, 0.3) is 0 Å². The van der Waals surface area contributed by atoms with Crippen molar-refractivity contribution in [3.63, 3.8) is 0 Å². The van der Waals surface area contributed by atoms with Crippen molar-refractivity contribution in [2.24, 2.45) is 0 Å². The summed E-state index contributed by atoms with van der Waals surface area (Å²) < 4.78 is 0. The lowest BCUT2D eigenvalue weighted by Gasteiger charge is -2.34. The fraction of sp³-hybridized carbons (Fsp3) is 0.455. The van der Waals surface area contributed by atoms with Crippen LogP contribution in [-0.2, 0) is 4.79 Å². The first kappa shape index (κ1) is 12.1. The molecule has 5 nitrogen and oxygen atoms in total. The Labute approximate surface area is 105 Å². The number of aliphatic carboxylic acids is 1. The Balaban J connectivity index is 1.93. The quantitative estimate of drug-likeness (QED) is 0.815. The van der Waals surface area contributed by atoms with E-state index in [2.05, 4.69) is 9.88 Å². The minimum absolute atomic E-state index is 0.108. The van der Waals surface area contributed by atoms with Crippen LogP contribution in [0, 0.1) is 0 Å². The van der Waals surface area contributed by atoms with Crippen molar-refractivity contribution < 1.29 is 9.90 Å². The summed E-state index contributed by atoms with van der Waals surface area (Å²) in [6, 6.07) is 5.53. The largest absolute Gasteiger partial charge is 0.480 e. The van der Waals surface area contributed by atoms with Crippen molar-refractivity contribution >= 4 is 23.4 Å². The molecule has 0 radical (unpaired) electrons. The van der Waals surface area contributed by atoms with Gasteiger partial charge in [-0.05, 0) is 12.1 Å². The monoisotopic (exact) mass is 255 g/mol. The molecule has 17 heavy (non-hydrogen) atoms. The number of anilines is 1. The molecule has 1 aromatic rings. The lowest BCUT2D eigenvalue weighted by atomic mass is 10.3. The molecular weight excluding hydrogens is 242 g/mol. The average molecular weight is 256 g/mol. The van der Waals surface area contributed by atoms with E-state index in [4.69, 9.17) is 16.7 Å². The van der Waals surface area contributed by atoms with E-state index in [1.165, 1.54) is 0 Å². The molecule has 0 saturated carbocycles. The molecule has 0 aromatic carbocycles. The maximum absolute atomic E-state index is 10.6. The molecular formula is C11H14ClN3O2. The van der Waals surface area contributed by atoms with Gasteiger partial charge in [-0.15, -0.1) is 0 Å². The van der Waals surface area contributed by atoms with Crippen LogP contribution in [0.3, 0.4) is 0 Å². The Bertz CT molecular complexity index is 405. The van der Waals surface area contributed by atoms with Crippen LogP contribution < -0.4 is 4.90 Å². The highest BCUT2D eigenvalue weighted by molar-refractivity contribution is 6.29. The van der Waals surface area contributed by atoms with Crippen molar-refractivity contribution in [1.29, 1.82) is 0 Å².